The number of alkyl halides is 3. The predicted octanol–water partition coefficient (Wildman–Crippen LogP) is 1.44. The molecule has 0 saturated carbocycles. The summed E-state index contributed by atoms with van der Waals surface area (Å²) in [5.41, 5.74) is 0. The average Bonchev–Trinajstić information content (AvgIpc) is 2.56. The van der Waals surface area contributed by atoms with Crippen LogP contribution in [0.4, 0.5) is 19.0 Å². The summed E-state index contributed by atoms with van der Waals surface area (Å²) in [5.74, 6) is 0.169. The monoisotopic (exact) mass is 361 g/mol. The van der Waals surface area contributed by atoms with Gasteiger partial charge in [-0.15, -0.1) is 0 Å². The van der Waals surface area contributed by atoms with Crippen molar-refractivity contribution in [1.82, 2.24) is 9.78 Å². The number of nitrogens with zero attached hydrogens (tertiary/aromatic N) is 3. The molecule has 1 saturated heterocycles. The molecule has 0 spiro atoms. The van der Waals surface area contributed by atoms with Crippen LogP contribution in [-0.2, 0) is 16.4 Å². The van der Waals surface area contributed by atoms with Gasteiger partial charge >= 0.3 is 6.18 Å². The van der Waals surface area contributed by atoms with Gasteiger partial charge in [-0.2, -0.15) is 18.3 Å². The highest BCUT2D eigenvalue weighted by Crippen LogP contribution is 2.26. The van der Waals surface area contributed by atoms with Crippen molar-refractivity contribution in [1.29, 1.82) is 0 Å². The molecule has 108 valence electrons. The van der Waals surface area contributed by atoms with E-state index in [9.17, 15) is 21.6 Å². The number of hydrogen-bond acceptors (Lipinski definition) is 4. The second kappa shape index (κ2) is 4.97. The lowest BCUT2D eigenvalue weighted by Crippen LogP contribution is -2.41. The van der Waals surface area contributed by atoms with Crippen molar-refractivity contribution >= 4 is 31.6 Å². The smallest absolute Gasteiger partial charge is 0.355 e. The Hall–Kier alpha value is -0.770. The van der Waals surface area contributed by atoms with E-state index < -0.39 is 22.6 Å². The molecule has 5 nitrogen and oxygen atoms in total. The molecule has 10 heteroatoms. The minimum Gasteiger partial charge on any atom is -0.355 e. The zero-order valence-electron chi connectivity index (χ0n) is 9.69. The Morgan fingerprint density at radius 1 is 1.32 bits per heavy atom. The van der Waals surface area contributed by atoms with Crippen LogP contribution >= 0.6 is 15.9 Å². The van der Waals surface area contributed by atoms with Crippen molar-refractivity contribution in [3.05, 3.63) is 10.7 Å². The van der Waals surface area contributed by atoms with Crippen molar-refractivity contribution in [3.63, 3.8) is 0 Å². The van der Waals surface area contributed by atoms with Crippen LogP contribution in [0.15, 0.2) is 10.7 Å². The van der Waals surface area contributed by atoms with Crippen molar-refractivity contribution in [3.8, 4) is 0 Å². The van der Waals surface area contributed by atoms with Crippen LogP contribution < -0.4 is 4.90 Å². The molecule has 1 aliphatic rings. The Morgan fingerprint density at radius 3 is 2.42 bits per heavy atom. The molecule has 1 aromatic heterocycles. The van der Waals surface area contributed by atoms with Gasteiger partial charge in [-0.3, -0.25) is 0 Å². The molecule has 1 fully saturated rings. The predicted molar refractivity (Wildman–Crippen MR) is 66.8 cm³/mol. The van der Waals surface area contributed by atoms with Crippen LogP contribution in [0.3, 0.4) is 0 Å². The number of anilines is 1. The highest BCUT2D eigenvalue weighted by atomic mass is 79.9. The Bertz CT molecular complexity index is 556. The van der Waals surface area contributed by atoms with Gasteiger partial charge in [0.05, 0.1) is 11.5 Å². The van der Waals surface area contributed by atoms with Gasteiger partial charge in [0, 0.05) is 19.2 Å². The second-order valence-corrected chi connectivity index (χ2v) is 7.35. The topological polar surface area (TPSA) is 55.2 Å². The van der Waals surface area contributed by atoms with Gasteiger partial charge in [-0.05, 0) is 15.9 Å². The standard InChI is InChI=1S/C9H11BrF3N3O2S/c10-7-5-8(16(14-7)6-9(11,12)13)15-1-3-19(17,18)4-2-15/h5H,1-4,6H2. The largest absolute Gasteiger partial charge is 0.408 e. The molecule has 0 radical (unpaired) electrons. The SMILES string of the molecule is O=S1(=O)CCN(c2cc(Br)nn2CC(F)(F)F)CC1. The first-order chi connectivity index (χ1) is 8.66. The Morgan fingerprint density at radius 2 is 1.89 bits per heavy atom. The third-order valence-corrected chi connectivity index (χ3v) is 4.72. The summed E-state index contributed by atoms with van der Waals surface area (Å²) in [4.78, 5) is 1.60. The van der Waals surface area contributed by atoms with E-state index in [2.05, 4.69) is 21.0 Å². The summed E-state index contributed by atoms with van der Waals surface area (Å²) in [6.07, 6.45) is -4.37. The van der Waals surface area contributed by atoms with Crippen molar-refractivity contribution in [2.45, 2.75) is 12.7 Å². The van der Waals surface area contributed by atoms with Crippen LogP contribution in [-0.4, -0.2) is 49.0 Å². The van der Waals surface area contributed by atoms with Gasteiger partial charge in [-0.1, -0.05) is 0 Å². The average molecular weight is 362 g/mol. The molecule has 0 amide bonds. The lowest BCUT2D eigenvalue weighted by molar-refractivity contribution is -0.142. The summed E-state index contributed by atoms with van der Waals surface area (Å²) in [7, 11) is -3.07. The summed E-state index contributed by atoms with van der Waals surface area (Å²) in [5, 5.41) is 3.73. The van der Waals surface area contributed by atoms with Crippen LogP contribution in [0.25, 0.3) is 0 Å². The number of halogens is 4. The number of rotatable bonds is 2. The minimum atomic E-state index is -4.37. The number of hydrogen-bond donors (Lipinski definition) is 0. The molecule has 1 aliphatic heterocycles. The van der Waals surface area contributed by atoms with E-state index in [-0.39, 0.29) is 30.4 Å². The molecule has 0 unspecified atom stereocenters. The maximum Gasteiger partial charge on any atom is 0.408 e. The van der Waals surface area contributed by atoms with Gasteiger partial charge in [0.2, 0.25) is 0 Å². The third-order valence-electron chi connectivity index (χ3n) is 2.73. The quantitative estimate of drug-likeness (QED) is 0.799. The van der Waals surface area contributed by atoms with E-state index in [1.165, 1.54) is 6.07 Å². The van der Waals surface area contributed by atoms with Gasteiger partial charge in [0.25, 0.3) is 0 Å². The second-order valence-electron chi connectivity index (χ2n) is 4.24. The van der Waals surface area contributed by atoms with E-state index in [0.717, 1.165) is 4.68 Å². The first kappa shape index (κ1) is 14.6. The first-order valence-electron chi connectivity index (χ1n) is 5.42. The van der Waals surface area contributed by atoms with Crippen LogP contribution in [0, 0.1) is 0 Å². The summed E-state index contributed by atoms with van der Waals surface area (Å²) in [6, 6.07) is 1.46. The lowest BCUT2D eigenvalue weighted by atomic mass is 10.4. The van der Waals surface area contributed by atoms with E-state index in [0.29, 0.717) is 4.60 Å². The van der Waals surface area contributed by atoms with Gasteiger partial charge in [0.1, 0.15) is 17.0 Å². The highest BCUT2D eigenvalue weighted by molar-refractivity contribution is 9.10. The van der Waals surface area contributed by atoms with Crippen molar-refractivity contribution in [2.75, 3.05) is 29.5 Å². The molecule has 0 aliphatic carbocycles. The fraction of sp³-hybridized carbons (Fsp3) is 0.667. The minimum absolute atomic E-state index is 0.0538. The molecule has 19 heavy (non-hydrogen) atoms. The van der Waals surface area contributed by atoms with E-state index in [4.69, 9.17) is 0 Å². The Balaban J connectivity index is 2.21. The third kappa shape index (κ3) is 3.85. The molecular weight excluding hydrogens is 351 g/mol. The molecule has 2 heterocycles. The Labute approximate surface area is 116 Å². The normalized spacial score (nSPS) is 19.7. The zero-order valence-corrected chi connectivity index (χ0v) is 12.1. The summed E-state index contributed by atoms with van der Waals surface area (Å²) in [6.45, 7) is -0.839. The van der Waals surface area contributed by atoms with Gasteiger partial charge < -0.3 is 4.90 Å². The zero-order chi connectivity index (χ0) is 14.3. The molecule has 0 aromatic carbocycles. The van der Waals surface area contributed by atoms with E-state index >= 15 is 0 Å². The van der Waals surface area contributed by atoms with E-state index in [1.54, 1.807) is 4.90 Å². The molecule has 0 N–H and O–H groups in total. The van der Waals surface area contributed by atoms with Gasteiger partial charge in [-0.25, -0.2) is 13.1 Å². The molecule has 1 aromatic rings. The van der Waals surface area contributed by atoms with E-state index in [1.807, 2.05) is 0 Å². The summed E-state index contributed by atoms with van der Waals surface area (Å²) >= 11 is 3.04. The van der Waals surface area contributed by atoms with Crippen LogP contribution in [0.2, 0.25) is 0 Å². The molecule has 0 atom stereocenters. The molecule has 0 bridgehead atoms. The Kier molecular flexibility index (Phi) is 3.83. The number of sulfone groups is 1. The molecule has 2 rings (SSSR count). The van der Waals surface area contributed by atoms with Crippen molar-refractivity contribution < 1.29 is 21.6 Å². The highest BCUT2D eigenvalue weighted by Gasteiger charge is 2.32. The maximum atomic E-state index is 12.4. The summed E-state index contributed by atoms with van der Waals surface area (Å²) < 4.78 is 61.0. The van der Waals surface area contributed by atoms with Crippen molar-refractivity contribution in [2.24, 2.45) is 0 Å². The molecular formula is C9H11BrF3N3O2S. The number of aromatic nitrogens is 2. The van der Waals surface area contributed by atoms with Gasteiger partial charge in [0.15, 0.2) is 9.84 Å². The van der Waals surface area contributed by atoms with Crippen LogP contribution in [0.1, 0.15) is 0 Å². The van der Waals surface area contributed by atoms with Crippen LogP contribution in [0.5, 0.6) is 0 Å². The maximum absolute atomic E-state index is 12.4. The fourth-order valence-electron chi connectivity index (χ4n) is 1.86. The first-order valence-corrected chi connectivity index (χ1v) is 8.03. The fourth-order valence-corrected chi connectivity index (χ4v) is 3.46. The lowest BCUT2D eigenvalue weighted by Gasteiger charge is -2.28.